The molecule has 0 aliphatic rings. The Bertz CT molecular complexity index is 323. The second-order valence-electron chi connectivity index (χ2n) is 3.13. The second-order valence-corrected chi connectivity index (χ2v) is 3.13. The van der Waals surface area contributed by atoms with Gasteiger partial charge in [0.05, 0.1) is 5.57 Å². The normalized spacial score (nSPS) is 13.0. The number of aliphatic hydroxyl groups is 1. The molecule has 0 aliphatic carbocycles. The van der Waals surface area contributed by atoms with E-state index in [9.17, 15) is 9.90 Å². The monoisotopic (exact) mass is 207 g/mol. The van der Waals surface area contributed by atoms with Gasteiger partial charge in [-0.3, -0.25) is 4.79 Å². The molecule has 0 aromatic carbocycles. The van der Waals surface area contributed by atoms with Crippen LogP contribution in [0.5, 0.6) is 0 Å². The van der Waals surface area contributed by atoms with Gasteiger partial charge in [0.25, 0.3) is 0 Å². The van der Waals surface area contributed by atoms with Crippen molar-refractivity contribution in [2.75, 3.05) is 14.1 Å². The Balaban J connectivity index is 4.79. The molecule has 0 spiro atoms. The van der Waals surface area contributed by atoms with Gasteiger partial charge in [-0.1, -0.05) is 18.7 Å². The summed E-state index contributed by atoms with van der Waals surface area (Å²) < 4.78 is 0. The molecule has 0 amide bonds. The van der Waals surface area contributed by atoms with Gasteiger partial charge in [-0.05, 0) is 13.0 Å². The van der Waals surface area contributed by atoms with Crippen LogP contribution >= 0.6 is 0 Å². The van der Waals surface area contributed by atoms with Gasteiger partial charge in [0, 0.05) is 26.4 Å². The van der Waals surface area contributed by atoms with E-state index in [-0.39, 0.29) is 17.1 Å². The summed E-state index contributed by atoms with van der Waals surface area (Å²) in [6, 6.07) is 0. The average Bonchev–Trinajstić information content (AvgIpc) is 2.16. The predicted molar refractivity (Wildman–Crippen MR) is 62.5 cm³/mol. The van der Waals surface area contributed by atoms with Crippen LogP contribution < -0.4 is 0 Å². The van der Waals surface area contributed by atoms with Crippen molar-refractivity contribution in [3.05, 3.63) is 48.4 Å². The summed E-state index contributed by atoms with van der Waals surface area (Å²) in [5.74, 6) is -0.303. The Morgan fingerprint density at radius 3 is 2.40 bits per heavy atom. The zero-order chi connectivity index (χ0) is 11.8. The van der Waals surface area contributed by atoms with Gasteiger partial charge < -0.3 is 10.0 Å². The lowest BCUT2D eigenvalue weighted by atomic mass is 10.1. The zero-order valence-corrected chi connectivity index (χ0v) is 9.40. The molecule has 0 heterocycles. The molecule has 0 saturated heterocycles. The van der Waals surface area contributed by atoms with Crippen molar-refractivity contribution in [2.45, 2.75) is 6.92 Å². The van der Waals surface area contributed by atoms with Crippen LogP contribution in [0.1, 0.15) is 6.92 Å². The van der Waals surface area contributed by atoms with Crippen LogP contribution in [0.15, 0.2) is 48.4 Å². The van der Waals surface area contributed by atoms with E-state index in [1.807, 2.05) is 14.1 Å². The zero-order valence-electron chi connectivity index (χ0n) is 9.40. The average molecular weight is 207 g/mol. The van der Waals surface area contributed by atoms with Gasteiger partial charge in [0.2, 0.25) is 0 Å². The molecule has 0 aliphatic heterocycles. The molecule has 1 N–H and O–H groups in total. The summed E-state index contributed by atoms with van der Waals surface area (Å²) >= 11 is 0. The first-order valence-electron chi connectivity index (χ1n) is 4.60. The van der Waals surface area contributed by atoms with Crippen LogP contribution in [0.2, 0.25) is 0 Å². The molecule has 0 bridgehead atoms. The van der Waals surface area contributed by atoms with Crippen molar-refractivity contribution in [3.63, 3.8) is 0 Å². The predicted octanol–water partition coefficient (Wildman–Crippen LogP) is 2.21. The topological polar surface area (TPSA) is 40.5 Å². The van der Waals surface area contributed by atoms with Gasteiger partial charge in [-0.15, -0.1) is 0 Å². The maximum Gasteiger partial charge on any atom is 0.190 e. The van der Waals surface area contributed by atoms with Crippen LogP contribution in [0.4, 0.5) is 0 Å². The number of rotatable bonds is 5. The standard InChI is InChI=1S/C12H17NO2/c1-5-7-11(14)10(6-2)12(15)8-9-13(3)4/h5-9,14H,1H2,2-4H3/b9-8+,10-6+,11-7+. The molecular formula is C12H17NO2. The van der Waals surface area contributed by atoms with Crippen LogP contribution in [0, 0.1) is 0 Å². The van der Waals surface area contributed by atoms with Crippen molar-refractivity contribution in [2.24, 2.45) is 0 Å². The Labute approximate surface area is 90.7 Å². The third-order valence-corrected chi connectivity index (χ3v) is 1.63. The first-order valence-corrected chi connectivity index (χ1v) is 4.60. The SMILES string of the molecule is C=C/C=C(O)\C(=C/C)C(=O)/C=C/N(C)C. The number of carbonyl (C=O) groups is 1. The lowest BCUT2D eigenvalue weighted by Gasteiger charge is -2.04. The van der Waals surface area contributed by atoms with Crippen molar-refractivity contribution < 1.29 is 9.90 Å². The number of hydrogen-bond donors (Lipinski definition) is 1. The van der Waals surface area contributed by atoms with E-state index in [2.05, 4.69) is 6.58 Å². The molecule has 82 valence electrons. The molecule has 0 unspecified atom stereocenters. The third-order valence-electron chi connectivity index (χ3n) is 1.63. The lowest BCUT2D eigenvalue weighted by Crippen LogP contribution is -2.05. The van der Waals surface area contributed by atoms with E-state index in [4.69, 9.17) is 0 Å². The maximum atomic E-state index is 11.6. The fraction of sp³-hybridized carbons (Fsp3) is 0.250. The van der Waals surface area contributed by atoms with E-state index >= 15 is 0 Å². The minimum absolute atomic E-state index is 0.0686. The van der Waals surface area contributed by atoms with Crippen molar-refractivity contribution >= 4 is 5.78 Å². The number of hydrogen-bond acceptors (Lipinski definition) is 3. The van der Waals surface area contributed by atoms with E-state index in [1.165, 1.54) is 18.2 Å². The molecule has 15 heavy (non-hydrogen) atoms. The van der Waals surface area contributed by atoms with Gasteiger partial charge >= 0.3 is 0 Å². The van der Waals surface area contributed by atoms with Crippen molar-refractivity contribution in [1.29, 1.82) is 0 Å². The largest absolute Gasteiger partial charge is 0.507 e. The summed E-state index contributed by atoms with van der Waals surface area (Å²) in [6.45, 7) is 5.15. The van der Waals surface area contributed by atoms with Gasteiger partial charge in [-0.2, -0.15) is 0 Å². The number of aliphatic hydroxyl groups excluding tert-OH is 1. The highest BCUT2D eigenvalue weighted by Gasteiger charge is 2.08. The van der Waals surface area contributed by atoms with Crippen LogP contribution in [0.25, 0.3) is 0 Å². The van der Waals surface area contributed by atoms with Crippen molar-refractivity contribution in [3.8, 4) is 0 Å². The molecule has 0 rings (SSSR count). The van der Waals surface area contributed by atoms with Gasteiger partial charge in [0.15, 0.2) is 5.78 Å². The van der Waals surface area contributed by atoms with E-state index in [1.54, 1.807) is 24.1 Å². The quantitative estimate of drug-likeness (QED) is 0.427. The minimum Gasteiger partial charge on any atom is -0.507 e. The molecule has 0 radical (unpaired) electrons. The molecule has 0 saturated carbocycles. The number of carbonyl (C=O) groups excluding carboxylic acids is 1. The summed E-state index contributed by atoms with van der Waals surface area (Å²) in [7, 11) is 3.64. The Morgan fingerprint density at radius 1 is 1.40 bits per heavy atom. The highest BCUT2D eigenvalue weighted by molar-refractivity contribution is 6.06. The maximum absolute atomic E-state index is 11.6. The Hall–Kier alpha value is -1.77. The van der Waals surface area contributed by atoms with E-state index in [0.29, 0.717) is 0 Å². The number of nitrogens with zero attached hydrogens (tertiary/aromatic N) is 1. The van der Waals surface area contributed by atoms with Crippen molar-refractivity contribution in [1.82, 2.24) is 4.90 Å². The summed E-state index contributed by atoms with van der Waals surface area (Å²) in [5.41, 5.74) is 0.271. The molecule has 0 aromatic heterocycles. The summed E-state index contributed by atoms with van der Waals surface area (Å²) in [6.07, 6.45) is 7.42. The molecule has 0 aromatic rings. The van der Waals surface area contributed by atoms with Gasteiger partial charge in [0.1, 0.15) is 5.76 Å². The van der Waals surface area contributed by atoms with Crippen LogP contribution in [-0.2, 0) is 4.79 Å². The van der Waals surface area contributed by atoms with Crippen LogP contribution in [0.3, 0.4) is 0 Å². The number of ketones is 1. The second kappa shape index (κ2) is 6.65. The molecule has 3 heteroatoms. The van der Waals surface area contributed by atoms with Crippen LogP contribution in [-0.4, -0.2) is 29.9 Å². The third kappa shape index (κ3) is 4.86. The Kier molecular flexibility index (Phi) is 5.86. The molecular weight excluding hydrogens is 190 g/mol. The highest BCUT2D eigenvalue weighted by atomic mass is 16.3. The molecule has 0 atom stereocenters. The molecule has 3 nitrogen and oxygen atoms in total. The minimum atomic E-state index is -0.234. The highest BCUT2D eigenvalue weighted by Crippen LogP contribution is 2.08. The molecule has 0 fully saturated rings. The first-order chi connectivity index (χ1) is 7.02. The van der Waals surface area contributed by atoms with Gasteiger partial charge in [-0.25, -0.2) is 0 Å². The number of allylic oxidation sites excluding steroid dienone is 5. The van der Waals surface area contributed by atoms with E-state index < -0.39 is 0 Å². The lowest BCUT2D eigenvalue weighted by molar-refractivity contribution is -0.111. The summed E-state index contributed by atoms with van der Waals surface area (Å²) in [4.78, 5) is 13.3. The fourth-order valence-electron chi connectivity index (χ4n) is 0.924. The summed E-state index contributed by atoms with van der Waals surface area (Å²) in [5, 5.41) is 9.50. The smallest absolute Gasteiger partial charge is 0.190 e. The Morgan fingerprint density at radius 2 is 2.00 bits per heavy atom. The fourth-order valence-corrected chi connectivity index (χ4v) is 0.924. The first kappa shape index (κ1) is 13.2. The van der Waals surface area contributed by atoms with E-state index in [0.717, 1.165) is 0 Å².